The highest BCUT2D eigenvalue weighted by atomic mass is 16.5. The van der Waals surface area contributed by atoms with E-state index in [1.165, 1.54) is 5.39 Å². The van der Waals surface area contributed by atoms with E-state index in [9.17, 15) is 5.26 Å². The minimum atomic E-state index is -0.166. The summed E-state index contributed by atoms with van der Waals surface area (Å²) < 4.78 is 5.98. The van der Waals surface area contributed by atoms with Gasteiger partial charge in [-0.05, 0) is 41.3 Å². The first-order chi connectivity index (χ1) is 11.7. The average molecular weight is 315 g/mol. The van der Waals surface area contributed by atoms with E-state index < -0.39 is 0 Å². The lowest BCUT2D eigenvalue weighted by molar-refractivity contribution is 0.302. The molecule has 0 bridgehead atoms. The highest BCUT2D eigenvalue weighted by Crippen LogP contribution is 2.28. The van der Waals surface area contributed by atoms with Gasteiger partial charge in [-0.1, -0.05) is 60.7 Å². The van der Waals surface area contributed by atoms with Gasteiger partial charge in [-0.15, -0.1) is 0 Å². The first-order valence-electron chi connectivity index (χ1n) is 8.27. The molecule has 0 heterocycles. The fourth-order valence-electron chi connectivity index (χ4n) is 3.15. The Balaban J connectivity index is 1.77. The Bertz CT molecular complexity index is 866. The van der Waals surface area contributed by atoms with Crippen LogP contribution < -0.4 is 4.74 Å². The van der Waals surface area contributed by atoms with Gasteiger partial charge >= 0.3 is 0 Å². The maximum absolute atomic E-state index is 9.64. The third-order valence-corrected chi connectivity index (χ3v) is 4.42. The predicted molar refractivity (Wildman–Crippen MR) is 98.3 cm³/mol. The Labute approximate surface area is 143 Å². The molecule has 120 valence electrons. The zero-order valence-electron chi connectivity index (χ0n) is 14.1. The molecule has 0 aliphatic rings. The Morgan fingerprint density at radius 3 is 2.33 bits per heavy atom. The van der Waals surface area contributed by atoms with Crippen molar-refractivity contribution >= 4 is 10.8 Å². The number of benzene rings is 3. The molecule has 0 N–H and O–H groups in total. The summed E-state index contributed by atoms with van der Waals surface area (Å²) in [6.45, 7) is 4.64. The van der Waals surface area contributed by atoms with Crippen molar-refractivity contribution in [2.75, 3.05) is 6.61 Å². The molecule has 0 radical (unpaired) electrons. The number of hydrogen-bond donors (Lipinski definition) is 0. The van der Waals surface area contributed by atoms with Crippen molar-refractivity contribution in [3.05, 3.63) is 77.4 Å². The quantitative estimate of drug-likeness (QED) is 0.620. The van der Waals surface area contributed by atoms with Crippen molar-refractivity contribution in [2.24, 2.45) is 0 Å². The molecular weight excluding hydrogens is 294 g/mol. The number of para-hydroxylation sites is 1. The van der Waals surface area contributed by atoms with Gasteiger partial charge < -0.3 is 4.74 Å². The number of ether oxygens (including phenoxy) is 1. The molecule has 1 atom stereocenters. The fourth-order valence-corrected chi connectivity index (χ4v) is 3.15. The maximum atomic E-state index is 9.64. The van der Waals surface area contributed by atoms with E-state index in [1.54, 1.807) is 0 Å². The summed E-state index contributed by atoms with van der Waals surface area (Å²) in [5.41, 5.74) is 3.35. The van der Waals surface area contributed by atoms with Crippen LogP contribution in [0, 0.1) is 25.2 Å². The van der Waals surface area contributed by atoms with Gasteiger partial charge in [0.15, 0.2) is 0 Å². The number of aryl methyl sites for hydroxylation is 2. The first-order valence-corrected chi connectivity index (χ1v) is 8.27. The van der Waals surface area contributed by atoms with Crippen LogP contribution in [0.1, 0.15) is 29.0 Å². The lowest BCUT2D eigenvalue weighted by Gasteiger charge is -2.15. The monoisotopic (exact) mass is 315 g/mol. The second kappa shape index (κ2) is 7.19. The molecule has 0 spiro atoms. The van der Waals surface area contributed by atoms with Gasteiger partial charge in [0, 0.05) is 6.42 Å². The van der Waals surface area contributed by atoms with Gasteiger partial charge in [0.25, 0.3) is 0 Å². The summed E-state index contributed by atoms with van der Waals surface area (Å²) in [5.74, 6) is 0.771. The number of fused-ring (bicyclic) bond motifs is 1. The number of nitriles is 1. The number of rotatable bonds is 5. The van der Waals surface area contributed by atoms with Crippen molar-refractivity contribution in [3.63, 3.8) is 0 Å². The molecule has 0 saturated carbocycles. The number of nitrogens with zero attached hydrogens (tertiary/aromatic N) is 1. The fraction of sp³-hybridized carbons (Fsp3) is 0.227. The third kappa shape index (κ3) is 3.26. The van der Waals surface area contributed by atoms with Crippen LogP contribution in [-0.4, -0.2) is 6.61 Å². The second-order valence-corrected chi connectivity index (χ2v) is 6.11. The van der Waals surface area contributed by atoms with E-state index in [1.807, 2.05) is 24.3 Å². The average Bonchev–Trinajstić information content (AvgIpc) is 2.61. The van der Waals surface area contributed by atoms with Gasteiger partial charge in [0.2, 0.25) is 0 Å². The minimum Gasteiger partial charge on any atom is -0.493 e. The zero-order valence-corrected chi connectivity index (χ0v) is 14.1. The van der Waals surface area contributed by atoms with E-state index in [2.05, 4.69) is 56.3 Å². The van der Waals surface area contributed by atoms with Crippen molar-refractivity contribution in [2.45, 2.75) is 26.2 Å². The van der Waals surface area contributed by atoms with Crippen molar-refractivity contribution in [1.82, 2.24) is 0 Å². The standard InChI is InChI=1S/C22H21NO/c1-16-7-5-8-17(2)22(16)24-14-13-19(15-23)21-12-6-10-18-9-3-4-11-20(18)21/h3-12,19H,13-14H2,1-2H3. The van der Waals surface area contributed by atoms with Gasteiger partial charge in [-0.2, -0.15) is 5.26 Å². The summed E-state index contributed by atoms with van der Waals surface area (Å²) in [6, 6.07) is 23.0. The third-order valence-electron chi connectivity index (χ3n) is 4.42. The van der Waals surface area contributed by atoms with Crippen LogP contribution in [0.5, 0.6) is 5.75 Å². The molecule has 2 nitrogen and oxygen atoms in total. The van der Waals surface area contributed by atoms with Crippen LogP contribution in [0.25, 0.3) is 10.8 Å². The summed E-state index contributed by atoms with van der Waals surface area (Å²) >= 11 is 0. The molecule has 24 heavy (non-hydrogen) atoms. The molecule has 3 aromatic carbocycles. The van der Waals surface area contributed by atoms with Crippen LogP contribution in [0.2, 0.25) is 0 Å². The molecule has 3 aromatic rings. The SMILES string of the molecule is Cc1cccc(C)c1OCCC(C#N)c1cccc2ccccc12. The maximum Gasteiger partial charge on any atom is 0.125 e. The molecule has 0 aromatic heterocycles. The Morgan fingerprint density at radius 1 is 0.917 bits per heavy atom. The molecule has 0 aliphatic heterocycles. The second-order valence-electron chi connectivity index (χ2n) is 6.11. The van der Waals surface area contributed by atoms with Crippen LogP contribution in [0.4, 0.5) is 0 Å². The Kier molecular flexibility index (Phi) is 4.82. The lowest BCUT2D eigenvalue weighted by Crippen LogP contribution is -2.06. The van der Waals surface area contributed by atoms with Crippen molar-refractivity contribution in [3.8, 4) is 11.8 Å². The summed E-state index contributed by atoms with van der Waals surface area (Å²) in [4.78, 5) is 0. The lowest BCUT2D eigenvalue weighted by atomic mass is 9.92. The Hall–Kier alpha value is -2.79. The topological polar surface area (TPSA) is 33.0 Å². The highest BCUT2D eigenvalue weighted by Gasteiger charge is 2.14. The van der Waals surface area contributed by atoms with Crippen LogP contribution in [-0.2, 0) is 0 Å². The normalized spacial score (nSPS) is 11.9. The summed E-state index contributed by atoms with van der Waals surface area (Å²) in [7, 11) is 0. The van der Waals surface area contributed by atoms with Crippen molar-refractivity contribution in [1.29, 1.82) is 5.26 Å². The van der Waals surface area contributed by atoms with E-state index in [4.69, 9.17) is 4.74 Å². The largest absolute Gasteiger partial charge is 0.493 e. The predicted octanol–water partition coefficient (Wildman–Crippen LogP) is 5.53. The van der Waals surface area contributed by atoms with E-state index >= 15 is 0 Å². The molecule has 2 heteroatoms. The van der Waals surface area contributed by atoms with E-state index in [0.717, 1.165) is 27.8 Å². The van der Waals surface area contributed by atoms with Gasteiger partial charge in [-0.25, -0.2) is 0 Å². The van der Waals surface area contributed by atoms with Gasteiger partial charge in [-0.3, -0.25) is 0 Å². The summed E-state index contributed by atoms with van der Waals surface area (Å²) in [6.07, 6.45) is 0.679. The zero-order chi connectivity index (χ0) is 16.9. The molecule has 3 rings (SSSR count). The smallest absolute Gasteiger partial charge is 0.125 e. The van der Waals surface area contributed by atoms with Crippen LogP contribution >= 0.6 is 0 Å². The Morgan fingerprint density at radius 2 is 1.58 bits per heavy atom. The first kappa shape index (κ1) is 16.1. The summed E-state index contributed by atoms with van der Waals surface area (Å²) in [5, 5.41) is 12.0. The van der Waals surface area contributed by atoms with Crippen molar-refractivity contribution < 1.29 is 4.74 Å². The van der Waals surface area contributed by atoms with Crippen LogP contribution in [0.15, 0.2) is 60.7 Å². The molecule has 0 aliphatic carbocycles. The van der Waals surface area contributed by atoms with Crippen LogP contribution in [0.3, 0.4) is 0 Å². The molecule has 1 unspecified atom stereocenters. The van der Waals surface area contributed by atoms with E-state index in [-0.39, 0.29) is 5.92 Å². The highest BCUT2D eigenvalue weighted by molar-refractivity contribution is 5.86. The van der Waals surface area contributed by atoms with E-state index in [0.29, 0.717) is 13.0 Å². The molecule has 0 saturated heterocycles. The molecular formula is C22H21NO. The molecule has 0 fully saturated rings. The van der Waals surface area contributed by atoms with Gasteiger partial charge in [0.05, 0.1) is 18.6 Å². The minimum absolute atomic E-state index is 0.166. The molecule has 0 amide bonds. The number of hydrogen-bond acceptors (Lipinski definition) is 2. The van der Waals surface area contributed by atoms with Gasteiger partial charge in [0.1, 0.15) is 5.75 Å².